The lowest BCUT2D eigenvalue weighted by atomic mass is 10.1. The largest absolute Gasteiger partial charge is 0.452 e. The third-order valence-electron chi connectivity index (χ3n) is 3.86. The van der Waals surface area contributed by atoms with E-state index < -0.39 is 11.8 Å². The number of benzene rings is 2. The fourth-order valence-corrected chi connectivity index (χ4v) is 2.35. The van der Waals surface area contributed by atoms with E-state index in [1.54, 1.807) is 6.92 Å². The highest BCUT2D eigenvalue weighted by Crippen LogP contribution is 2.10. The predicted octanol–water partition coefficient (Wildman–Crippen LogP) is 3.43. The Bertz CT molecular complexity index is 731. The van der Waals surface area contributed by atoms with Gasteiger partial charge in [0.25, 0.3) is 5.91 Å². The van der Waals surface area contributed by atoms with Crippen LogP contribution in [-0.2, 0) is 16.0 Å². The standard InChI is InChI=1S/C20H22FNO3/c1-14-8-11-17(12-18(14)21)20(24)25-13-19(23)22-15(2)9-10-16-6-4-3-5-7-16/h3-8,11-12,15H,9-10,13H2,1-2H3,(H,22,23)/t15-/m1/s1. The summed E-state index contributed by atoms with van der Waals surface area (Å²) in [6.07, 6.45) is 1.64. The Balaban J connectivity index is 1.74. The number of halogens is 1. The lowest BCUT2D eigenvalue weighted by Crippen LogP contribution is -2.36. The van der Waals surface area contributed by atoms with Gasteiger partial charge in [0.2, 0.25) is 0 Å². The van der Waals surface area contributed by atoms with Gasteiger partial charge in [-0.25, -0.2) is 9.18 Å². The summed E-state index contributed by atoms with van der Waals surface area (Å²) in [4.78, 5) is 23.7. The van der Waals surface area contributed by atoms with Gasteiger partial charge in [-0.15, -0.1) is 0 Å². The van der Waals surface area contributed by atoms with Crippen LogP contribution in [0.4, 0.5) is 4.39 Å². The van der Waals surface area contributed by atoms with E-state index in [1.807, 2.05) is 37.3 Å². The summed E-state index contributed by atoms with van der Waals surface area (Å²) in [6.45, 7) is 3.12. The molecule has 0 saturated heterocycles. The summed E-state index contributed by atoms with van der Waals surface area (Å²) >= 11 is 0. The maximum Gasteiger partial charge on any atom is 0.338 e. The van der Waals surface area contributed by atoms with Gasteiger partial charge >= 0.3 is 5.97 Å². The molecule has 132 valence electrons. The SMILES string of the molecule is Cc1ccc(C(=O)OCC(=O)N[C@H](C)CCc2ccccc2)cc1F. The second kappa shape index (κ2) is 8.97. The minimum Gasteiger partial charge on any atom is -0.452 e. The van der Waals surface area contributed by atoms with E-state index in [2.05, 4.69) is 5.32 Å². The molecule has 1 N–H and O–H groups in total. The number of amides is 1. The number of hydrogen-bond donors (Lipinski definition) is 1. The van der Waals surface area contributed by atoms with Crippen LogP contribution in [0.3, 0.4) is 0 Å². The molecule has 2 aromatic rings. The number of hydrogen-bond acceptors (Lipinski definition) is 3. The van der Waals surface area contributed by atoms with E-state index in [-0.39, 0.29) is 24.1 Å². The first-order valence-electron chi connectivity index (χ1n) is 8.22. The molecule has 5 heteroatoms. The molecule has 0 radical (unpaired) electrons. The number of carbonyl (C=O) groups is 2. The second-order valence-electron chi connectivity index (χ2n) is 6.03. The van der Waals surface area contributed by atoms with Crippen LogP contribution in [0.2, 0.25) is 0 Å². The Kier molecular flexibility index (Phi) is 6.69. The van der Waals surface area contributed by atoms with Crippen LogP contribution in [0, 0.1) is 12.7 Å². The molecule has 1 atom stereocenters. The number of nitrogens with one attached hydrogen (secondary N) is 1. The molecule has 0 fully saturated rings. The van der Waals surface area contributed by atoms with Crippen molar-refractivity contribution in [3.63, 3.8) is 0 Å². The fourth-order valence-electron chi connectivity index (χ4n) is 2.35. The molecule has 2 rings (SSSR count). The molecule has 0 heterocycles. The first-order chi connectivity index (χ1) is 12.0. The summed E-state index contributed by atoms with van der Waals surface area (Å²) < 4.78 is 18.4. The fraction of sp³-hybridized carbons (Fsp3) is 0.300. The number of aryl methyl sites for hydroxylation is 2. The summed E-state index contributed by atoms with van der Waals surface area (Å²) in [6, 6.07) is 14.0. The van der Waals surface area contributed by atoms with Gasteiger partial charge < -0.3 is 10.1 Å². The monoisotopic (exact) mass is 343 g/mol. The van der Waals surface area contributed by atoms with Gasteiger partial charge in [-0.05, 0) is 49.9 Å². The third-order valence-corrected chi connectivity index (χ3v) is 3.86. The Hall–Kier alpha value is -2.69. The van der Waals surface area contributed by atoms with Crippen molar-refractivity contribution in [3.05, 3.63) is 71.0 Å². The lowest BCUT2D eigenvalue weighted by molar-refractivity contribution is -0.124. The Labute approximate surface area is 147 Å². The lowest BCUT2D eigenvalue weighted by Gasteiger charge is -2.14. The molecule has 1 amide bonds. The molecular weight excluding hydrogens is 321 g/mol. The minimum absolute atomic E-state index is 0.0387. The van der Waals surface area contributed by atoms with Crippen molar-refractivity contribution in [2.24, 2.45) is 0 Å². The number of esters is 1. The molecule has 25 heavy (non-hydrogen) atoms. The predicted molar refractivity (Wildman–Crippen MR) is 93.8 cm³/mol. The maximum absolute atomic E-state index is 13.4. The van der Waals surface area contributed by atoms with Crippen LogP contribution in [0.25, 0.3) is 0 Å². The third kappa shape index (κ3) is 6.03. The van der Waals surface area contributed by atoms with E-state index in [9.17, 15) is 14.0 Å². The number of ether oxygens (including phenoxy) is 1. The smallest absolute Gasteiger partial charge is 0.338 e. The van der Waals surface area contributed by atoms with Crippen LogP contribution in [0.15, 0.2) is 48.5 Å². The highest BCUT2D eigenvalue weighted by molar-refractivity contribution is 5.91. The van der Waals surface area contributed by atoms with Crippen molar-refractivity contribution >= 4 is 11.9 Å². The van der Waals surface area contributed by atoms with Crippen molar-refractivity contribution in [1.82, 2.24) is 5.32 Å². The highest BCUT2D eigenvalue weighted by Gasteiger charge is 2.13. The Morgan fingerprint density at radius 3 is 2.56 bits per heavy atom. The van der Waals surface area contributed by atoms with Gasteiger partial charge in [0.05, 0.1) is 5.56 Å². The van der Waals surface area contributed by atoms with Gasteiger partial charge in [0.15, 0.2) is 6.61 Å². The maximum atomic E-state index is 13.4. The van der Waals surface area contributed by atoms with Crippen LogP contribution >= 0.6 is 0 Å². The molecule has 2 aromatic carbocycles. The molecule has 0 saturated carbocycles. The first-order valence-corrected chi connectivity index (χ1v) is 8.22. The zero-order valence-electron chi connectivity index (χ0n) is 14.4. The van der Waals surface area contributed by atoms with E-state index in [0.717, 1.165) is 18.9 Å². The molecule has 0 aromatic heterocycles. The number of rotatable bonds is 7. The zero-order chi connectivity index (χ0) is 18.2. The van der Waals surface area contributed by atoms with Crippen molar-refractivity contribution in [3.8, 4) is 0 Å². The van der Waals surface area contributed by atoms with Gasteiger partial charge in [0, 0.05) is 6.04 Å². The van der Waals surface area contributed by atoms with Crippen molar-refractivity contribution < 1.29 is 18.7 Å². The van der Waals surface area contributed by atoms with Gasteiger partial charge in [0.1, 0.15) is 5.82 Å². The van der Waals surface area contributed by atoms with Crippen molar-refractivity contribution in [2.75, 3.05) is 6.61 Å². The summed E-state index contributed by atoms with van der Waals surface area (Å²) in [5, 5.41) is 2.79. The summed E-state index contributed by atoms with van der Waals surface area (Å²) in [5.74, 6) is -1.57. The van der Waals surface area contributed by atoms with Crippen molar-refractivity contribution in [1.29, 1.82) is 0 Å². The normalized spacial score (nSPS) is 11.6. The topological polar surface area (TPSA) is 55.4 Å². The van der Waals surface area contributed by atoms with Gasteiger partial charge in [-0.2, -0.15) is 0 Å². The summed E-state index contributed by atoms with van der Waals surface area (Å²) in [5.41, 5.74) is 1.74. The Morgan fingerprint density at radius 2 is 1.88 bits per heavy atom. The van der Waals surface area contributed by atoms with Crippen LogP contribution in [0.5, 0.6) is 0 Å². The second-order valence-corrected chi connectivity index (χ2v) is 6.03. The molecule has 0 spiro atoms. The van der Waals surface area contributed by atoms with E-state index in [0.29, 0.717) is 5.56 Å². The average Bonchev–Trinajstić information content (AvgIpc) is 2.61. The van der Waals surface area contributed by atoms with Crippen molar-refractivity contribution in [2.45, 2.75) is 32.7 Å². The average molecular weight is 343 g/mol. The highest BCUT2D eigenvalue weighted by atomic mass is 19.1. The summed E-state index contributed by atoms with van der Waals surface area (Å²) in [7, 11) is 0. The molecule has 0 bridgehead atoms. The van der Waals surface area contributed by atoms with E-state index in [1.165, 1.54) is 17.7 Å². The van der Waals surface area contributed by atoms with E-state index in [4.69, 9.17) is 4.74 Å². The first kappa shape index (κ1) is 18.6. The molecule has 0 unspecified atom stereocenters. The van der Waals surface area contributed by atoms with Crippen LogP contribution < -0.4 is 5.32 Å². The Morgan fingerprint density at radius 1 is 1.16 bits per heavy atom. The number of carbonyl (C=O) groups excluding carboxylic acids is 2. The quantitative estimate of drug-likeness (QED) is 0.784. The molecular formula is C20H22FNO3. The molecule has 0 aliphatic rings. The molecule has 0 aliphatic heterocycles. The zero-order valence-corrected chi connectivity index (χ0v) is 14.4. The van der Waals surface area contributed by atoms with Crippen LogP contribution in [-0.4, -0.2) is 24.5 Å². The minimum atomic E-state index is -0.717. The van der Waals surface area contributed by atoms with Gasteiger partial charge in [-0.1, -0.05) is 36.4 Å². The molecule has 0 aliphatic carbocycles. The van der Waals surface area contributed by atoms with E-state index >= 15 is 0 Å². The molecule has 4 nitrogen and oxygen atoms in total. The van der Waals surface area contributed by atoms with Crippen LogP contribution in [0.1, 0.15) is 34.8 Å². The van der Waals surface area contributed by atoms with Gasteiger partial charge in [-0.3, -0.25) is 4.79 Å².